The van der Waals surface area contributed by atoms with Crippen molar-refractivity contribution in [2.75, 3.05) is 32.8 Å². The van der Waals surface area contributed by atoms with Crippen LogP contribution in [-0.4, -0.2) is 49.7 Å². The summed E-state index contributed by atoms with van der Waals surface area (Å²) < 4.78 is 4.93. The number of esters is 1. The summed E-state index contributed by atoms with van der Waals surface area (Å²) in [5.41, 5.74) is 0. The fourth-order valence-corrected chi connectivity index (χ4v) is 3.55. The third-order valence-electron chi connectivity index (χ3n) is 4.69. The first-order valence-electron chi connectivity index (χ1n) is 7.82. The molecule has 0 aliphatic carbocycles. The summed E-state index contributed by atoms with van der Waals surface area (Å²) in [6.45, 7) is 9.59. The van der Waals surface area contributed by atoms with Crippen molar-refractivity contribution in [2.24, 2.45) is 11.8 Å². The quantitative estimate of drug-likeness (QED) is 0.563. The Morgan fingerprint density at radius 1 is 1.32 bits per heavy atom. The molecule has 2 saturated heterocycles. The predicted octanol–water partition coefficient (Wildman–Crippen LogP) is 1.65. The molecule has 3 unspecified atom stereocenters. The van der Waals surface area contributed by atoms with Gasteiger partial charge in [0.2, 0.25) is 0 Å². The highest BCUT2D eigenvalue weighted by molar-refractivity contribution is 5.69. The number of carbonyl (C=O) groups is 1. The molecule has 0 spiro atoms. The smallest absolute Gasteiger partial charge is 0.305 e. The highest BCUT2D eigenvalue weighted by Crippen LogP contribution is 2.32. The summed E-state index contributed by atoms with van der Waals surface area (Å²) in [6, 6.07) is 0.727. The summed E-state index contributed by atoms with van der Waals surface area (Å²) in [7, 11) is 0. The molecule has 2 aliphatic rings. The molecule has 0 bridgehead atoms. The van der Waals surface area contributed by atoms with Crippen molar-refractivity contribution in [3.8, 4) is 0 Å². The number of unbranched alkanes of at least 4 members (excludes halogenated alkanes) is 2. The molecule has 0 aromatic carbocycles. The van der Waals surface area contributed by atoms with Crippen LogP contribution in [0.5, 0.6) is 0 Å². The van der Waals surface area contributed by atoms with Gasteiger partial charge in [-0.25, -0.2) is 0 Å². The molecule has 3 atom stereocenters. The zero-order valence-electron chi connectivity index (χ0n) is 12.4. The number of carbonyl (C=O) groups excluding carboxylic acids is 1. The van der Waals surface area contributed by atoms with Gasteiger partial charge in [-0.2, -0.15) is 0 Å². The van der Waals surface area contributed by atoms with Gasteiger partial charge in [0.25, 0.3) is 0 Å². The van der Waals surface area contributed by atoms with E-state index in [1.165, 1.54) is 32.6 Å². The summed E-state index contributed by atoms with van der Waals surface area (Å²) in [4.78, 5) is 13.8. The van der Waals surface area contributed by atoms with Crippen LogP contribution in [0.15, 0.2) is 0 Å². The average Bonchev–Trinajstić information content (AvgIpc) is 2.94. The number of rotatable bonds is 7. The predicted molar refractivity (Wildman–Crippen MR) is 76.0 cm³/mol. The highest BCUT2D eigenvalue weighted by Gasteiger charge is 2.41. The van der Waals surface area contributed by atoms with E-state index in [0.717, 1.165) is 30.7 Å². The molecule has 19 heavy (non-hydrogen) atoms. The molecule has 4 nitrogen and oxygen atoms in total. The zero-order chi connectivity index (χ0) is 13.7. The topological polar surface area (TPSA) is 41.6 Å². The maximum absolute atomic E-state index is 11.2. The molecule has 1 N–H and O–H groups in total. The Kier molecular flexibility index (Phi) is 5.64. The lowest BCUT2D eigenvalue weighted by molar-refractivity contribution is -0.143. The summed E-state index contributed by atoms with van der Waals surface area (Å²) in [5.74, 6) is 1.69. The van der Waals surface area contributed by atoms with Crippen LogP contribution in [0, 0.1) is 11.8 Å². The van der Waals surface area contributed by atoms with E-state index in [1.54, 1.807) is 0 Å². The minimum atomic E-state index is -0.0438. The molecule has 0 amide bonds. The first-order valence-corrected chi connectivity index (χ1v) is 7.82. The normalized spacial score (nSPS) is 30.5. The van der Waals surface area contributed by atoms with Crippen LogP contribution in [0.25, 0.3) is 0 Å². The number of nitrogens with one attached hydrogen (secondary N) is 1. The Balaban J connectivity index is 1.55. The van der Waals surface area contributed by atoms with Crippen LogP contribution in [0.2, 0.25) is 0 Å². The van der Waals surface area contributed by atoms with Crippen LogP contribution in [-0.2, 0) is 9.53 Å². The van der Waals surface area contributed by atoms with Crippen molar-refractivity contribution in [1.29, 1.82) is 0 Å². The maximum Gasteiger partial charge on any atom is 0.305 e. The standard InChI is InChI=1S/C15H28N2O2/c1-3-19-15(18)7-5-4-6-8-17-11-13-9-16-10-14(13)12(17)2/h12-14,16H,3-11H2,1-2H3. The van der Waals surface area contributed by atoms with Gasteiger partial charge in [-0.3, -0.25) is 9.69 Å². The monoisotopic (exact) mass is 268 g/mol. The number of nitrogens with zero attached hydrogens (tertiary/aromatic N) is 1. The highest BCUT2D eigenvalue weighted by atomic mass is 16.5. The Bertz CT molecular complexity index is 296. The van der Waals surface area contributed by atoms with E-state index in [0.29, 0.717) is 13.0 Å². The average molecular weight is 268 g/mol. The van der Waals surface area contributed by atoms with Crippen LogP contribution >= 0.6 is 0 Å². The largest absolute Gasteiger partial charge is 0.466 e. The first kappa shape index (κ1) is 14.8. The van der Waals surface area contributed by atoms with Gasteiger partial charge in [0.05, 0.1) is 6.61 Å². The second-order valence-corrected chi connectivity index (χ2v) is 5.93. The molecule has 0 radical (unpaired) electrons. The zero-order valence-corrected chi connectivity index (χ0v) is 12.4. The van der Waals surface area contributed by atoms with Crippen LogP contribution < -0.4 is 5.32 Å². The first-order chi connectivity index (χ1) is 9.22. The molecule has 0 aromatic rings. The van der Waals surface area contributed by atoms with Gasteiger partial charge in [0.15, 0.2) is 0 Å². The maximum atomic E-state index is 11.2. The van der Waals surface area contributed by atoms with Gasteiger partial charge in [0.1, 0.15) is 0 Å². The minimum absolute atomic E-state index is 0.0438. The van der Waals surface area contributed by atoms with Crippen molar-refractivity contribution in [3.63, 3.8) is 0 Å². The lowest BCUT2D eigenvalue weighted by Gasteiger charge is -2.24. The molecule has 4 heteroatoms. The minimum Gasteiger partial charge on any atom is -0.466 e. The van der Waals surface area contributed by atoms with Crippen LogP contribution in [0.1, 0.15) is 39.5 Å². The molecule has 2 fully saturated rings. The van der Waals surface area contributed by atoms with E-state index < -0.39 is 0 Å². The number of likely N-dealkylation sites (tertiary alicyclic amines) is 1. The van der Waals surface area contributed by atoms with Crippen LogP contribution in [0.4, 0.5) is 0 Å². The molecule has 0 saturated carbocycles. The Hall–Kier alpha value is -0.610. The molecule has 2 aliphatic heterocycles. The van der Waals surface area contributed by atoms with E-state index in [9.17, 15) is 4.79 Å². The lowest BCUT2D eigenvalue weighted by atomic mass is 9.95. The van der Waals surface area contributed by atoms with Gasteiger partial charge in [-0.05, 0) is 58.2 Å². The summed E-state index contributed by atoms with van der Waals surface area (Å²) in [6.07, 6.45) is 3.89. The molecular weight excluding hydrogens is 240 g/mol. The van der Waals surface area contributed by atoms with Crippen LogP contribution in [0.3, 0.4) is 0 Å². The Labute approximate surface area is 116 Å². The molecule has 2 rings (SSSR count). The number of ether oxygens (including phenoxy) is 1. The summed E-state index contributed by atoms with van der Waals surface area (Å²) in [5, 5.41) is 3.50. The molecule has 110 valence electrons. The van der Waals surface area contributed by atoms with Crippen molar-refractivity contribution < 1.29 is 9.53 Å². The molecular formula is C15H28N2O2. The second kappa shape index (κ2) is 7.25. The van der Waals surface area contributed by atoms with Gasteiger partial charge in [-0.1, -0.05) is 6.42 Å². The van der Waals surface area contributed by atoms with Crippen molar-refractivity contribution >= 4 is 5.97 Å². The summed E-state index contributed by atoms with van der Waals surface area (Å²) >= 11 is 0. The van der Waals surface area contributed by atoms with E-state index in [2.05, 4.69) is 17.1 Å². The van der Waals surface area contributed by atoms with Crippen molar-refractivity contribution in [1.82, 2.24) is 10.2 Å². The SMILES string of the molecule is CCOC(=O)CCCCCN1CC2CNCC2C1C. The van der Waals surface area contributed by atoms with E-state index >= 15 is 0 Å². The number of fused-ring (bicyclic) bond motifs is 1. The third-order valence-corrected chi connectivity index (χ3v) is 4.69. The van der Waals surface area contributed by atoms with Crippen molar-refractivity contribution in [3.05, 3.63) is 0 Å². The van der Waals surface area contributed by atoms with E-state index in [1.807, 2.05) is 6.92 Å². The van der Waals surface area contributed by atoms with Gasteiger partial charge in [-0.15, -0.1) is 0 Å². The van der Waals surface area contributed by atoms with Crippen molar-refractivity contribution in [2.45, 2.75) is 45.6 Å². The fourth-order valence-electron chi connectivity index (χ4n) is 3.55. The number of hydrogen-bond donors (Lipinski definition) is 1. The Morgan fingerprint density at radius 3 is 2.89 bits per heavy atom. The third kappa shape index (κ3) is 3.93. The van der Waals surface area contributed by atoms with Gasteiger partial charge < -0.3 is 10.1 Å². The molecule has 2 heterocycles. The van der Waals surface area contributed by atoms with E-state index in [4.69, 9.17) is 4.74 Å². The van der Waals surface area contributed by atoms with E-state index in [-0.39, 0.29) is 5.97 Å². The Morgan fingerprint density at radius 2 is 2.16 bits per heavy atom. The van der Waals surface area contributed by atoms with Gasteiger partial charge >= 0.3 is 5.97 Å². The van der Waals surface area contributed by atoms with Gasteiger partial charge in [0, 0.05) is 19.0 Å². The second-order valence-electron chi connectivity index (χ2n) is 5.93. The molecule has 0 aromatic heterocycles. The lowest BCUT2D eigenvalue weighted by Crippen LogP contribution is -2.33. The fraction of sp³-hybridized carbons (Fsp3) is 0.933. The number of hydrogen-bond acceptors (Lipinski definition) is 4.